The summed E-state index contributed by atoms with van der Waals surface area (Å²) >= 11 is 5.70. The molecule has 136 valence electrons. The van der Waals surface area contributed by atoms with Crippen molar-refractivity contribution in [1.29, 1.82) is 0 Å². The maximum absolute atomic E-state index is 13.2. The van der Waals surface area contributed by atoms with Crippen LogP contribution in [0.3, 0.4) is 0 Å². The minimum absolute atomic E-state index is 0.340. The van der Waals surface area contributed by atoms with E-state index in [9.17, 15) is 4.39 Å². The van der Waals surface area contributed by atoms with E-state index in [2.05, 4.69) is 28.1 Å². The van der Waals surface area contributed by atoms with Gasteiger partial charge in [-0.1, -0.05) is 23.3 Å². The van der Waals surface area contributed by atoms with Crippen LogP contribution in [0.15, 0.2) is 47.3 Å². The minimum Gasteiger partial charge on any atom is -0.382 e. The van der Waals surface area contributed by atoms with Gasteiger partial charge < -0.3 is 10.7 Å². The molecule has 0 radical (unpaired) electrons. The van der Waals surface area contributed by atoms with Crippen molar-refractivity contribution in [3.63, 3.8) is 0 Å². The molecule has 7 heteroatoms. The molecule has 0 saturated carbocycles. The second-order valence-corrected chi connectivity index (χ2v) is 6.78. The Labute approximate surface area is 156 Å². The number of pyridine rings is 1. The second-order valence-electron chi connectivity index (χ2n) is 6.34. The van der Waals surface area contributed by atoms with Crippen molar-refractivity contribution in [2.45, 2.75) is 26.2 Å². The van der Waals surface area contributed by atoms with Gasteiger partial charge in [0, 0.05) is 41.8 Å². The van der Waals surface area contributed by atoms with Crippen molar-refractivity contribution in [2.75, 3.05) is 5.73 Å². The number of hydrogen-bond acceptors (Lipinski definition) is 3. The molecule has 0 atom stereocenters. The summed E-state index contributed by atoms with van der Waals surface area (Å²) in [5.74, 6) is 0.143. The Morgan fingerprint density at radius 1 is 1.38 bits per heavy atom. The van der Waals surface area contributed by atoms with Crippen LogP contribution in [0.4, 0.5) is 10.2 Å². The summed E-state index contributed by atoms with van der Waals surface area (Å²) in [4.78, 5) is 7.02. The van der Waals surface area contributed by atoms with Crippen molar-refractivity contribution >= 4 is 28.5 Å². The third kappa shape index (κ3) is 4.32. The zero-order chi connectivity index (χ0) is 18.7. The largest absolute Gasteiger partial charge is 0.382 e. The van der Waals surface area contributed by atoms with Crippen LogP contribution in [0.25, 0.3) is 11.0 Å². The molecule has 3 aromatic rings. The van der Waals surface area contributed by atoms with E-state index in [-0.39, 0.29) is 5.82 Å². The van der Waals surface area contributed by atoms with Gasteiger partial charge >= 0.3 is 0 Å². The molecule has 0 aromatic carbocycles. The van der Waals surface area contributed by atoms with E-state index in [1.165, 1.54) is 24.3 Å². The van der Waals surface area contributed by atoms with Crippen molar-refractivity contribution < 1.29 is 4.39 Å². The molecule has 0 aliphatic heterocycles. The predicted molar refractivity (Wildman–Crippen MR) is 103 cm³/mol. The van der Waals surface area contributed by atoms with Gasteiger partial charge in [0.25, 0.3) is 0 Å². The van der Waals surface area contributed by atoms with Crippen LogP contribution in [0.5, 0.6) is 0 Å². The number of nitrogens with zero attached hydrogens (tertiary/aromatic N) is 3. The summed E-state index contributed by atoms with van der Waals surface area (Å²) in [6.45, 7) is 2.11. The van der Waals surface area contributed by atoms with Crippen LogP contribution in [-0.4, -0.2) is 19.7 Å². The molecule has 0 saturated heterocycles. The molecule has 3 heterocycles. The number of nitrogens with one attached hydrogen (secondary N) is 1. The van der Waals surface area contributed by atoms with Crippen LogP contribution in [0, 0.1) is 5.82 Å². The molecule has 3 aromatic heterocycles. The number of nitrogens with two attached hydrogens (primary N) is 1. The Balaban J connectivity index is 0.000000206. The highest BCUT2D eigenvalue weighted by molar-refractivity contribution is 6.31. The number of H-pyrrole nitrogens is 1. The van der Waals surface area contributed by atoms with Gasteiger partial charge in [0.15, 0.2) is 0 Å². The number of hydrogen-bond donors (Lipinski definition) is 2. The monoisotopic (exact) mass is 373 g/mol. The lowest BCUT2D eigenvalue weighted by Crippen LogP contribution is -1.99. The van der Waals surface area contributed by atoms with E-state index in [1.807, 2.05) is 25.4 Å². The Kier molecular flexibility index (Phi) is 5.42. The topological polar surface area (TPSA) is 72.5 Å². The first-order valence-electron chi connectivity index (χ1n) is 8.35. The Hall–Kier alpha value is -2.60. The quantitative estimate of drug-likeness (QED) is 0.696. The van der Waals surface area contributed by atoms with Gasteiger partial charge in [0.1, 0.15) is 17.3 Å². The Morgan fingerprint density at radius 3 is 2.81 bits per heavy atom. The molecule has 4 rings (SSSR count). The summed E-state index contributed by atoms with van der Waals surface area (Å²) in [5, 5.41) is 5.77. The summed E-state index contributed by atoms with van der Waals surface area (Å²) in [5.41, 5.74) is 9.64. The lowest BCUT2D eigenvalue weighted by molar-refractivity contribution is 0.624. The van der Waals surface area contributed by atoms with Crippen molar-refractivity contribution in [1.82, 2.24) is 19.7 Å². The smallest absolute Gasteiger partial charge is 0.145 e. The third-order valence-corrected chi connectivity index (χ3v) is 4.48. The fraction of sp³-hybridized carbons (Fsp3) is 0.263. The molecule has 5 nitrogen and oxygen atoms in total. The standard InChI is InChI=1S/C12H12FN5.C7H9Cl/c1-18-9(4-11(14)17-18)2-7-5-15-12-10(7)3-8(13)6-16-12;1-6-3-2-4-7(8)5-6/h3-6H,2H2,1H3,(H2,14,17)(H,15,16);4-5H,2-3H2,1H3. The van der Waals surface area contributed by atoms with E-state index in [0.717, 1.165) is 28.1 Å². The maximum Gasteiger partial charge on any atom is 0.145 e. The zero-order valence-electron chi connectivity index (χ0n) is 14.8. The molecule has 0 amide bonds. The number of nitrogen functional groups attached to an aromatic ring is 1. The predicted octanol–water partition coefficient (Wildman–Crippen LogP) is 4.46. The number of allylic oxidation sites excluding steroid dienone is 4. The lowest BCUT2D eigenvalue weighted by Gasteiger charge is -2.03. The van der Waals surface area contributed by atoms with E-state index >= 15 is 0 Å². The first-order chi connectivity index (χ1) is 12.4. The molecule has 0 bridgehead atoms. The van der Waals surface area contributed by atoms with E-state index in [1.54, 1.807) is 4.68 Å². The molecular weight excluding hydrogens is 353 g/mol. The lowest BCUT2D eigenvalue weighted by atomic mass is 10.1. The van der Waals surface area contributed by atoms with Crippen LogP contribution < -0.4 is 5.73 Å². The molecule has 1 aliphatic carbocycles. The van der Waals surface area contributed by atoms with Crippen LogP contribution in [0.2, 0.25) is 0 Å². The first-order valence-corrected chi connectivity index (χ1v) is 8.73. The Bertz CT molecular complexity index is 983. The highest BCUT2D eigenvalue weighted by Crippen LogP contribution is 2.21. The first kappa shape index (κ1) is 18.2. The van der Waals surface area contributed by atoms with E-state index < -0.39 is 0 Å². The fourth-order valence-corrected chi connectivity index (χ4v) is 3.17. The van der Waals surface area contributed by atoms with Gasteiger partial charge in [0.2, 0.25) is 0 Å². The highest BCUT2D eigenvalue weighted by atomic mass is 35.5. The summed E-state index contributed by atoms with van der Waals surface area (Å²) < 4.78 is 14.9. The van der Waals surface area contributed by atoms with E-state index in [0.29, 0.717) is 17.9 Å². The summed E-state index contributed by atoms with van der Waals surface area (Å²) in [6.07, 6.45) is 10.0. The SMILES string of the molecule is CC1=CC(Cl)=CCC1.Cn1nc(N)cc1Cc1c[nH]c2ncc(F)cc12. The average Bonchev–Trinajstić information content (AvgIpc) is 3.11. The second kappa shape index (κ2) is 7.74. The summed E-state index contributed by atoms with van der Waals surface area (Å²) in [6, 6.07) is 3.29. The van der Waals surface area contributed by atoms with Gasteiger partial charge in [-0.3, -0.25) is 4.68 Å². The third-order valence-electron chi connectivity index (χ3n) is 4.21. The van der Waals surface area contributed by atoms with E-state index in [4.69, 9.17) is 17.3 Å². The molecule has 26 heavy (non-hydrogen) atoms. The average molecular weight is 374 g/mol. The maximum atomic E-state index is 13.2. The van der Waals surface area contributed by atoms with Crippen molar-refractivity contribution in [3.8, 4) is 0 Å². The molecule has 0 spiro atoms. The van der Waals surface area contributed by atoms with Gasteiger partial charge in [-0.25, -0.2) is 9.37 Å². The number of aryl methyl sites for hydroxylation is 1. The van der Waals surface area contributed by atoms with Crippen LogP contribution in [0.1, 0.15) is 31.0 Å². The van der Waals surface area contributed by atoms with Crippen LogP contribution >= 0.6 is 11.6 Å². The molecule has 0 fully saturated rings. The van der Waals surface area contributed by atoms with Gasteiger partial charge in [-0.05, 0) is 37.5 Å². The molecule has 3 N–H and O–H groups in total. The fourth-order valence-electron chi connectivity index (χ4n) is 2.87. The van der Waals surface area contributed by atoms with Crippen LogP contribution in [-0.2, 0) is 13.5 Å². The van der Waals surface area contributed by atoms with Gasteiger partial charge in [0.05, 0.1) is 6.20 Å². The number of fused-ring (bicyclic) bond motifs is 1. The molecule has 0 unspecified atom stereocenters. The minimum atomic E-state index is -0.340. The number of aromatic nitrogens is 4. The molecule has 1 aliphatic rings. The number of rotatable bonds is 2. The summed E-state index contributed by atoms with van der Waals surface area (Å²) in [7, 11) is 1.83. The number of halogens is 2. The van der Waals surface area contributed by atoms with Gasteiger partial charge in [-0.2, -0.15) is 5.10 Å². The number of aromatic amines is 1. The Morgan fingerprint density at radius 2 is 2.19 bits per heavy atom. The van der Waals surface area contributed by atoms with Crippen molar-refractivity contribution in [2.24, 2.45) is 7.05 Å². The van der Waals surface area contributed by atoms with Gasteiger partial charge in [-0.15, -0.1) is 0 Å². The zero-order valence-corrected chi connectivity index (χ0v) is 15.5. The van der Waals surface area contributed by atoms with Crippen molar-refractivity contribution in [3.05, 3.63) is 64.4 Å². The normalized spacial score (nSPS) is 13.8. The molecular formula is C19H21ClFN5. The highest BCUT2D eigenvalue weighted by Gasteiger charge is 2.10. The number of anilines is 1.